The Balaban J connectivity index is 1.97. The molecule has 0 radical (unpaired) electrons. The van der Waals surface area contributed by atoms with E-state index >= 15 is 0 Å². The topological polar surface area (TPSA) is 73.8 Å². The molecule has 1 fully saturated rings. The Morgan fingerprint density at radius 3 is 2.94 bits per heavy atom. The van der Waals surface area contributed by atoms with Crippen LogP contribution in [0.15, 0.2) is 6.20 Å². The minimum atomic E-state index is -2.56. The van der Waals surface area contributed by atoms with E-state index in [4.69, 9.17) is 5.73 Å². The maximum atomic E-state index is 12.9. The largest absolute Gasteiger partial charge is 0.364 e. The lowest BCUT2D eigenvalue weighted by Gasteiger charge is -2.09. The second-order valence-corrected chi connectivity index (χ2v) is 4.15. The molecule has 16 heavy (non-hydrogen) atoms. The standard InChI is InChI=1S/C9H12F2N4O/c10-9(11)2-1-6(3-9)4-15-5-7(8(12)16)13-14-15/h5-6H,1-4H2,(H2,12,16). The molecule has 0 aliphatic heterocycles. The summed E-state index contributed by atoms with van der Waals surface area (Å²) in [5.74, 6) is -3.34. The van der Waals surface area contributed by atoms with Crippen LogP contribution in [0.4, 0.5) is 8.78 Å². The van der Waals surface area contributed by atoms with Crippen molar-refractivity contribution >= 4 is 5.91 Å². The van der Waals surface area contributed by atoms with Gasteiger partial charge in [0.25, 0.3) is 5.91 Å². The number of amides is 1. The lowest BCUT2D eigenvalue weighted by molar-refractivity contribution is 0.00420. The molecule has 88 valence electrons. The summed E-state index contributed by atoms with van der Waals surface area (Å²) in [5, 5.41) is 7.21. The number of alkyl halides is 2. The van der Waals surface area contributed by atoms with Crippen molar-refractivity contribution in [3.8, 4) is 0 Å². The highest BCUT2D eigenvalue weighted by Gasteiger charge is 2.39. The number of carbonyl (C=O) groups is 1. The van der Waals surface area contributed by atoms with Crippen molar-refractivity contribution < 1.29 is 13.6 Å². The van der Waals surface area contributed by atoms with Gasteiger partial charge in [-0.15, -0.1) is 5.10 Å². The maximum Gasteiger partial charge on any atom is 0.270 e. The van der Waals surface area contributed by atoms with Crippen LogP contribution in [0, 0.1) is 5.92 Å². The first-order chi connectivity index (χ1) is 7.46. The van der Waals surface area contributed by atoms with Crippen molar-refractivity contribution in [1.29, 1.82) is 0 Å². The molecule has 1 aromatic heterocycles. The highest BCUT2D eigenvalue weighted by molar-refractivity contribution is 5.90. The Kier molecular flexibility index (Phi) is 2.61. The Morgan fingerprint density at radius 1 is 1.69 bits per heavy atom. The summed E-state index contributed by atoms with van der Waals surface area (Å²) >= 11 is 0. The van der Waals surface area contributed by atoms with E-state index in [0.29, 0.717) is 13.0 Å². The van der Waals surface area contributed by atoms with Gasteiger partial charge in [-0.3, -0.25) is 9.48 Å². The Morgan fingerprint density at radius 2 is 2.44 bits per heavy atom. The predicted octanol–water partition coefficient (Wildman–Crippen LogP) is 0.812. The number of aromatic nitrogens is 3. The number of primary amides is 1. The Bertz CT molecular complexity index is 404. The molecule has 0 saturated heterocycles. The van der Waals surface area contributed by atoms with E-state index in [9.17, 15) is 13.6 Å². The quantitative estimate of drug-likeness (QED) is 0.835. The van der Waals surface area contributed by atoms with Crippen LogP contribution in [0.1, 0.15) is 29.8 Å². The smallest absolute Gasteiger partial charge is 0.270 e. The molecule has 1 aliphatic carbocycles. The summed E-state index contributed by atoms with van der Waals surface area (Å²) in [6.45, 7) is 0.357. The molecule has 1 aliphatic rings. The molecular formula is C9H12F2N4O. The van der Waals surface area contributed by atoms with Crippen LogP contribution >= 0.6 is 0 Å². The maximum absolute atomic E-state index is 12.9. The molecule has 1 amide bonds. The highest BCUT2D eigenvalue weighted by Crippen LogP contribution is 2.39. The number of carbonyl (C=O) groups excluding carboxylic acids is 1. The average Bonchev–Trinajstić information content (AvgIpc) is 2.73. The monoisotopic (exact) mass is 230 g/mol. The first-order valence-corrected chi connectivity index (χ1v) is 5.04. The zero-order valence-corrected chi connectivity index (χ0v) is 8.57. The van der Waals surface area contributed by atoms with Crippen LogP contribution in [0.25, 0.3) is 0 Å². The van der Waals surface area contributed by atoms with Gasteiger partial charge in [0.15, 0.2) is 5.69 Å². The van der Waals surface area contributed by atoms with Crippen LogP contribution in [0.2, 0.25) is 0 Å². The normalized spacial score (nSPS) is 23.5. The average molecular weight is 230 g/mol. The van der Waals surface area contributed by atoms with E-state index < -0.39 is 11.8 Å². The molecule has 1 unspecified atom stereocenters. The molecule has 1 saturated carbocycles. The molecule has 2 rings (SSSR count). The third-order valence-corrected chi connectivity index (χ3v) is 2.74. The van der Waals surface area contributed by atoms with E-state index in [1.165, 1.54) is 10.9 Å². The molecule has 1 aromatic rings. The van der Waals surface area contributed by atoms with Gasteiger partial charge in [-0.05, 0) is 12.3 Å². The van der Waals surface area contributed by atoms with E-state index in [1.54, 1.807) is 0 Å². The van der Waals surface area contributed by atoms with Gasteiger partial charge in [0, 0.05) is 19.4 Å². The fourth-order valence-corrected chi connectivity index (χ4v) is 1.96. The number of rotatable bonds is 3. The first kappa shape index (κ1) is 11.0. The van der Waals surface area contributed by atoms with Crippen molar-refractivity contribution in [3.05, 3.63) is 11.9 Å². The SMILES string of the molecule is NC(=O)c1cn(CC2CCC(F)(F)C2)nn1. The summed E-state index contributed by atoms with van der Waals surface area (Å²) in [4.78, 5) is 10.7. The van der Waals surface area contributed by atoms with Crippen molar-refractivity contribution in [3.63, 3.8) is 0 Å². The van der Waals surface area contributed by atoms with Crippen molar-refractivity contribution in [1.82, 2.24) is 15.0 Å². The summed E-state index contributed by atoms with van der Waals surface area (Å²) in [6, 6.07) is 0. The van der Waals surface area contributed by atoms with Gasteiger partial charge >= 0.3 is 0 Å². The second kappa shape index (κ2) is 3.80. The van der Waals surface area contributed by atoms with Gasteiger partial charge in [-0.2, -0.15) is 0 Å². The highest BCUT2D eigenvalue weighted by atomic mass is 19.3. The molecule has 1 atom stereocenters. The third-order valence-electron chi connectivity index (χ3n) is 2.74. The molecule has 2 N–H and O–H groups in total. The Labute approximate surface area is 90.6 Å². The number of halogens is 2. The zero-order chi connectivity index (χ0) is 11.8. The number of nitrogens with two attached hydrogens (primary N) is 1. The van der Waals surface area contributed by atoms with Crippen LogP contribution in [-0.2, 0) is 6.54 Å². The van der Waals surface area contributed by atoms with Gasteiger partial charge < -0.3 is 5.73 Å². The third kappa shape index (κ3) is 2.34. The van der Waals surface area contributed by atoms with E-state index in [1.807, 2.05) is 0 Å². The molecule has 1 heterocycles. The van der Waals surface area contributed by atoms with Crippen LogP contribution in [-0.4, -0.2) is 26.8 Å². The lowest BCUT2D eigenvalue weighted by atomic mass is 10.1. The number of nitrogens with zero attached hydrogens (tertiary/aromatic N) is 3. The van der Waals surface area contributed by atoms with E-state index in [-0.39, 0.29) is 24.5 Å². The van der Waals surface area contributed by atoms with Crippen molar-refractivity contribution in [2.24, 2.45) is 11.7 Å². The number of hydrogen-bond donors (Lipinski definition) is 1. The molecular weight excluding hydrogens is 218 g/mol. The first-order valence-electron chi connectivity index (χ1n) is 5.04. The predicted molar refractivity (Wildman–Crippen MR) is 50.8 cm³/mol. The fraction of sp³-hybridized carbons (Fsp3) is 0.667. The van der Waals surface area contributed by atoms with Gasteiger partial charge in [0.05, 0.1) is 6.20 Å². The van der Waals surface area contributed by atoms with E-state index in [2.05, 4.69) is 10.3 Å². The van der Waals surface area contributed by atoms with E-state index in [0.717, 1.165) is 0 Å². The summed E-state index contributed by atoms with van der Waals surface area (Å²) in [5.41, 5.74) is 5.06. The second-order valence-electron chi connectivity index (χ2n) is 4.15. The van der Waals surface area contributed by atoms with Crippen molar-refractivity contribution in [2.75, 3.05) is 0 Å². The number of hydrogen-bond acceptors (Lipinski definition) is 3. The van der Waals surface area contributed by atoms with Gasteiger partial charge in [0.2, 0.25) is 5.92 Å². The fourth-order valence-electron chi connectivity index (χ4n) is 1.96. The molecule has 7 heteroatoms. The lowest BCUT2D eigenvalue weighted by Crippen LogP contribution is -2.13. The minimum absolute atomic E-state index is 0.0600. The van der Waals surface area contributed by atoms with Gasteiger partial charge in [0.1, 0.15) is 0 Å². The zero-order valence-electron chi connectivity index (χ0n) is 8.57. The van der Waals surface area contributed by atoms with Crippen molar-refractivity contribution in [2.45, 2.75) is 31.7 Å². The molecule has 5 nitrogen and oxygen atoms in total. The minimum Gasteiger partial charge on any atom is -0.364 e. The molecule has 0 bridgehead atoms. The van der Waals surface area contributed by atoms with Gasteiger partial charge in [-0.25, -0.2) is 8.78 Å². The summed E-state index contributed by atoms with van der Waals surface area (Å²) < 4.78 is 27.2. The molecule has 0 aromatic carbocycles. The van der Waals surface area contributed by atoms with Gasteiger partial charge in [-0.1, -0.05) is 5.21 Å². The molecule has 0 spiro atoms. The van der Waals surface area contributed by atoms with Crippen LogP contribution < -0.4 is 5.73 Å². The summed E-state index contributed by atoms with van der Waals surface area (Å²) in [7, 11) is 0. The van der Waals surface area contributed by atoms with Crippen LogP contribution in [0.5, 0.6) is 0 Å². The van der Waals surface area contributed by atoms with Crippen LogP contribution in [0.3, 0.4) is 0 Å². The Hall–Kier alpha value is -1.53. The summed E-state index contributed by atoms with van der Waals surface area (Å²) in [6.07, 6.45) is 1.66.